The Morgan fingerprint density at radius 1 is 0.761 bits per heavy atom. The lowest BCUT2D eigenvalue weighted by Gasteiger charge is -2.48. The van der Waals surface area contributed by atoms with E-state index in [0.29, 0.717) is 0 Å². The molecule has 3 aliphatic heterocycles. The van der Waals surface area contributed by atoms with Gasteiger partial charge in [0.25, 0.3) is 0 Å². The van der Waals surface area contributed by atoms with E-state index in [0.717, 1.165) is 0 Å². The maximum atomic E-state index is 12.7. The molecule has 3 rings (SSSR count). The lowest BCUT2D eigenvalue weighted by atomic mass is 9.93. The van der Waals surface area contributed by atoms with Crippen molar-refractivity contribution in [1.82, 2.24) is 10.6 Å². The summed E-state index contributed by atoms with van der Waals surface area (Å²) >= 11 is 0. The van der Waals surface area contributed by atoms with Gasteiger partial charge in [0.05, 0.1) is 32.0 Å². The standard InChI is InChI=1S/C29H45N3O14/c1-4-6-8-17(35)31-20-25(40)22(37)14(10-33)44-29(20)46-27-15(11-34)45-28(21(26(27)41)32-18(36)9-7-5-2)42-12-16-23(38)24(39)19(30)13(3)43-16/h1-2,13-16,19-29,33-34,37-41H,6-12,30H2,3H3,(H,31,35)(H,32,36)/t13-,14?,15?,16?,19?,20?,21+,22+,23+,24+,25+,26?,27-,28?,29-/m0/s1. The van der Waals surface area contributed by atoms with Crippen molar-refractivity contribution >= 4 is 11.8 Å². The number of hydrogen-bond donors (Lipinski definition) is 10. The number of hydrogen-bond acceptors (Lipinski definition) is 15. The second-order valence-electron chi connectivity index (χ2n) is 11.4. The highest BCUT2D eigenvalue weighted by atomic mass is 16.7. The molecule has 0 aliphatic carbocycles. The first kappa shape index (κ1) is 38.0. The molecular weight excluding hydrogens is 614 g/mol. The first-order valence-corrected chi connectivity index (χ1v) is 14.9. The Kier molecular flexibility index (Phi) is 14.6. The van der Waals surface area contributed by atoms with Crippen LogP contribution in [0.5, 0.6) is 0 Å². The Balaban J connectivity index is 1.85. The number of rotatable bonds is 13. The molecule has 2 amide bonds. The maximum Gasteiger partial charge on any atom is 0.221 e. The third-order valence-electron chi connectivity index (χ3n) is 8.15. The number of ether oxygens (including phenoxy) is 5. The Labute approximate surface area is 266 Å². The second-order valence-corrected chi connectivity index (χ2v) is 11.4. The summed E-state index contributed by atoms with van der Waals surface area (Å²) in [5, 5.41) is 78.5. The smallest absolute Gasteiger partial charge is 0.221 e. The quantitative estimate of drug-likeness (QED) is 0.0827. The van der Waals surface area contributed by atoms with Crippen molar-refractivity contribution in [3.05, 3.63) is 0 Å². The molecule has 3 saturated heterocycles. The second kappa shape index (κ2) is 17.6. The Bertz CT molecular complexity index is 1090. The van der Waals surface area contributed by atoms with Gasteiger partial charge in [-0.15, -0.1) is 24.7 Å². The van der Waals surface area contributed by atoms with Crippen LogP contribution < -0.4 is 16.4 Å². The molecule has 3 heterocycles. The average Bonchev–Trinajstić information content (AvgIpc) is 3.04. The SMILES string of the molecule is C#CCCC(=O)NC1[C@H](O[C@H]2C(CO)OC(OCC3O[C@@H](C)C(N)[C@@H](O)[C@@H]3O)[C@H](NC(=O)CCC#C)C2O)OC(CO)[C@@H](O)[C@@H]1O. The van der Waals surface area contributed by atoms with Crippen molar-refractivity contribution in [2.75, 3.05) is 19.8 Å². The molecule has 3 aliphatic rings. The fourth-order valence-corrected chi connectivity index (χ4v) is 5.43. The fraction of sp³-hybridized carbons (Fsp3) is 0.793. The minimum Gasteiger partial charge on any atom is -0.394 e. The highest BCUT2D eigenvalue weighted by molar-refractivity contribution is 5.77. The van der Waals surface area contributed by atoms with Crippen LogP contribution in [-0.4, -0.2) is 159 Å². The van der Waals surface area contributed by atoms with E-state index in [1.54, 1.807) is 6.92 Å². The van der Waals surface area contributed by atoms with Crippen molar-refractivity contribution in [3.8, 4) is 24.7 Å². The summed E-state index contributed by atoms with van der Waals surface area (Å²) in [5.74, 6) is 3.41. The van der Waals surface area contributed by atoms with E-state index in [2.05, 4.69) is 22.5 Å². The normalized spacial score (nSPS) is 41.2. The number of aliphatic hydroxyl groups excluding tert-OH is 7. The van der Waals surface area contributed by atoms with Gasteiger partial charge in [0.1, 0.15) is 67.0 Å². The number of carbonyl (C=O) groups excluding carboxylic acids is 2. The molecule has 0 aromatic rings. The molecule has 0 spiro atoms. The van der Waals surface area contributed by atoms with E-state index in [1.165, 1.54) is 0 Å². The highest BCUT2D eigenvalue weighted by Crippen LogP contribution is 2.31. The van der Waals surface area contributed by atoms with Crippen molar-refractivity contribution in [3.63, 3.8) is 0 Å². The van der Waals surface area contributed by atoms with Gasteiger partial charge in [-0.25, -0.2) is 0 Å². The number of aliphatic hydroxyl groups is 7. The van der Waals surface area contributed by atoms with Gasteiger partial charge in [-0.2, -0.15) is 0 Å². The van der Waals surface area contributed by atoms with E-state index in [4.69, 9.17) is 42.3 Å². The van der Waals surface area contributed by atoms with Crippen molar-refractivity contribution in [2.45, 2.75) is 124 Å². The number of nitrogens with two attached hydrogens (primary N) is 1. The van der Waals surface area contributed by atoms with Crippen LogP contribution in [0.3, 0.4) is 0 Å². The lowest BCUT2D eigenvalue weighted by molar-refractivity contribution is -0.335. The molecule has 0 aromatic heterocycles. The van der Waals surface area contributed by atoms with E-state index < -0.39 is 123 Å². The molecule has 0 aromatic carbocycles. The number of terminal acetylenes is 2. The first-order chi connectivity index (χ1) is 21.9. The predicted molar refractivity (Wildman–Crippen MR) is 155 cm³/mol. The van der Waals surface area contributed by atoms with E-state index in [9.17, 15) is 45.3 Å². The largest absolute Gasteiger partial charge is 0.394 e. The highest BCUT2D eigenvalue weighted by Gasteiger charge is 2.52. The average molecular weight is 660 g/mol. The number of nitrogens with one attached hydrogen (secondary N) is 2. The van der Waals surface area contributed by atoms with Gasteiger partial charge in [0, 0.05) is 25.7 Å². The molecule has 11 N–H and O–H groups in total. The van der Waals surface area contributed by atoms with E-state index in [-0.39, 0.29) is 25.7 Å². The van der Waals surface area contributed by atoms with Crippen molar-refractivity contribution in [1.29, 1.82) is 0 Å². The zero-order valence-corrected chi connectivity index (χ0v) is 25.3. The van der Waals surface area contributed by atoms with Crippen LogP contribution in [0.1, 0.15) is 32.6 Å². The summed E-state index contributed by atoms with van der Waals surface area (Å²) < 4.78 is 29.0. The summed E-state index contributed by atoms with van der Waals surface area (Å²) in [6, 6.07) is -3.69. The zero-order chi connectivity index (χ0) is 34.1. The van der Waals surface area contributed by atoms with Crippen LogP contribution >= 0.6 is 0 Å². The fourth-order valence-electron chi connectivity index (χ4n) is 5.43. The van der Waals surface area contributed by atoms with Gasteiger partial charge in [-0.3, -0.25) is 9.59 Å². The Hall–Kier alpha value is -2.46. The monoisotopic (exact) mass is 659 g/mol. The molecule has 0 bridgehead atoms. The summed E-state index contributed by atoms with van der Waals surface area (Å²) in [5.41, 5.74) is 5.85. The van der Waals surface area contributed by atoms with Gasteiger partial charge in [-0.05, 0) is 6.92 Å². The van der Waals surface area contributed by atoms with Crippen LogP contribution in [0.25, 0.3) is 0 Å². The van der Waals surface area contributed by atoms with Crippen LogP contribution in [0.4, 0.5) is 0 Å². The molecule has 0 radical (unpaired) electrons. The third kappa shape index (κ3) is 9.12. The zero-order valence-electron chi connectivity index (χ0n) is 25.3. The van der Waals surface area contributed by atoms with Gasteiger partial charge in [-0.1, -0.05) is 0 Å². The third-order valence-corrected chi connectivity index (χ3v) is 8.15. The van der Waals surface area contributed by atoms with E-state index in [1.807, 2.05) is 0 Å². The predicted octanol–water partition coefficient (Wildman–Crippen LogP) is -5.46. The molecule has 260 valence electrons. The lowest BCUT2D eigenvalue weighted by Crippen LogP contribution is -2.69. The van der Waals surface area contributed by atoms with Crippen LogP contribution in [0.15, 0.2) is 0 Å². The minimum absolute atomic E-state index is 0.0676. The Morgan fingerprint density at radius 2 is 1.28 bits per heavy atom. The van der Waals surface area contributed by atoms with Crippen LogP contribution in [-0.2, 0) is 33.3 Å². The van der Waals surface area contributed by atoms with Crippen molar-refractivity contribution < 1.29 is 69.0 Å². The summed E-state index contributed by atoms with van der Waals surface area (Å²) in [4.78, 5) is 25.2. The Morgan fingerprint density at radius 3 is 1.83 bits per heavy atom. The van der Waals surface area contributed by atoms with Crippen LogP contribution in [0.2, 0.25) is 0 Å². The topological polar surface area (TPSA) is 272 Å². The first-order valence-electron chi connectivity index (χ1n) is 14.9. The molecule has 15 atom stereocenters. The van der Waals surface area contributed by atoms with Gasteiger partial charge in [0.15, 0.2) is 12.6 Å². The molecule has 17 nitrogen and oxygen atoms in total. The van der Waals surface area contributed by atoms with Gasteiger partial charge >= 0.3 is 0 Å². The molecular formula is C29H45N3O14. The molecule has 3 fully saturated rings. The van der Waals surface area contributed by atoms with Gasteiger partial charge < -0.3 is 75.8 Å². The van der Waals surface area contributed by atoms with Crippen molar-refractivity contribution in [2.24, 2.45) is 5.73 Å². The molecule has 17 heteroatoms. The molecule has 46 heavy (non-hydrogen) atoms. The summed E-state index contributed by atoms with van der Waals surface area (Å²) in [6.45, 7) is -0.318. The number of amides is 2. The minimum atomic E-state index is -1.71. The number of carbonyl (C=O) groups is 2. The van der Waals surface area contributed by atoms with Gasteiger partial charge in [0.2, 0.25) is 11.8 Å². The van der Waals surface area contributed by atoms with E-state index >= 15 is 0 Å². The van der Waals surface area contributed by atoms with Crippen LogP contribution in [0, 0.1) is 24.7 Å². The summed E-state index contributed by atoms with van der Waals surface area (Å²) in [6.07, 6.45) is -6.53. The maximum absolute atomic E-state index is 12.7. The summed E-state index contributed by atoms with van der Waals surface area (Å²) in [7, 11) is 0. The molecule has 0 saturated carbocycles. The molecule has 7 unspecified atom stereocenters.